The fourth-order valence-corrected chi connectivity index (χ4v) is 2.50. The number of rotatable bonds is 6. The zero-order chi connectivity index (χ0) is 16.3. The molecule has 6 nitrogen and oxygen atoms in total. The molecule has 7 heteroatoms. The second-order valence-electron chi connectivity index (χ2n) is 6.49. The Morgan fingerprint density at radius 3 is 2.52 bits per heavy atom. The van der Waals surface area contributed by atoms with Gasteiger partial charge in [-0.1, -0.05) is 20.8 Å². The van der Waals surface area contributed by atoms with E-state index in [1.165, 1.54) is 18.3 Å². The van der Waals surface area contributed by atoms with Crippen LogP contribution in [0.4, 0.5) is 5.69 Å². The molecule has 1 heterocycles. The summed E-state index contributed by atoms with van der Waals surface area (Å²) in [6, 6.07) is 2.80. The minimum absolute atomic E-state index is 0.00868. The molecule has 118 valence electrons. The molecule has 0 aliphatic rings. The maximum Gasteiger partial charge on any atom is 0.272 e. The molecule has 0 amide bonds. The van der Waals surface area contributed by atoms with Crippen molar-refractivity contribution < 1.29 is 14.1 Å². The van der Waals surface area contributed by atoms with Crippen molar-refractivity contribution in [2.75, 3.05) is 13.7 Å². The highest BCUT2D eigenvalue weighted by Gasteiger charge is 2.37. The second kappa shape index (κ2) is 6.63. The minimum atomic E-state index is -1.89. The molecule has 0 spiro atoms. The average Bonchev–Trinajstić information content (AvgIpc) is 2.38. The predicted octanol–water partition coefficient (Wildman–Crippen LogP) is 3.70. The van der Waals surface area contributed by atoms with Crippen molar-refractivity contribution in [1.29, 1.82) is 0 Å². The maximum absolute atomic E-state index is 10.8. The Hall–Kier alpha value is -1.31. The summed E-state index contributed by atoms with van der Waals surface area (Å²) in [6.07, 6.45) is 1.02. The van der Waals surface area contributed by atoms with Crippen LogP contribution in [0.3, 0.4) is 0 Å². The lowest BCUT2D eigenvalue weighted by Gasteiger charge is -2.37. The van der Waals surface area contributed by atoms with Crippen LogP contribution in [0, 0.1) is 10.1 Å². The lowest BCUT2D eigenvalue weighted by atomic mass is 10.2. The first kappa shape index (κ1) is 17.7. The number of methoxy groups -OCH3 is 1. The second-order valence-corrected chi connectivity index (χ2v) is 11.3. The summed E-state index contributed by atoms with van der Waals surface area (Å²) in [5.74, 6) is 0. The molecule has 21 heavy (non-hydrogen) atoms. The lowest BCUT2D eigenvalue weighted by Crippen LogP contribution is -2.41. The highest BCUT2D eigenvalue weighted by atomic mass is 28.4. The monoisotopic (exact) mass is 312 g/mol. The van der Waals surface area contributed by atoms with E-state index in [1.807, 2.05) is 0 Å². The van der Waals surface area contributed by atoms with Crippen molar-refractivity contribution in [2.24, 2.45) is 0 Å². The van der Waals surface area contributed by atoms with E-state index < -0.39 is 19.3 Å². The summed E-state index contributed by atoms with van der Waals surface area (Å²) < 4.78 is 11.5. The van der Waals surface area contributed by atoms with Gasteiger partial charge in [0, 0.05) is 25.4 Å². The van der Waals surface area contributed by atoms with Crippen LogP contribution in [0.5, 0.6) is 0 Å². The van der Waals surface area contributed by atoms with E-state index in [2.05, 4.69) is 38.8 Å². The van der Waals surface area contributed by atoms with Crippen LogP contribution in [0.25, 0.3) is 0 Å². The largest absolute Gasteiger partial charge is 0.414 e. The third kappa shape index (κ3) is 4.59. The van der Waals surface area contributed by atoms with E-state index in [0.717, 1.165) is 0 Å². The predicted molar refractivity (Wildman–Crippen MR) is 83.8 cm³/mol. The van der Waals surface area contributed by atoms with Crippen molar-refractivity contribution in [3.05, 3.63) is 34.1 Å². The third-order valence-corrected chi connectivity index (χ3v) is 8.49. The molecule has 0 saturated carbocycles. The number of nitrogens with zero attached hydrogens (tertiary/aromatic N) is 2. The van der Waals surface area contributed by atoms with Gasteiger partial charge in [-0.05, 0) is 18.1 Å². The molecule has 1 atom stereocenters. The zero-order valence-electron chi connectivity index (χ0n) is 13.5. The normalized spacial score (nSPS) is 14.0. The van der Waals surface area contributed by atoms with Gasteiger partial charge in [-0.25, -0.2) is 0 Å². The molecule has 0 N–H and O–H groups in total. The molecule has 0 fully saturated rings. The maximum atomic E-state index is 10.8. The molecule has 0 radical (unpaired) electrons. The first-order valence-corrected chi connectivity index (χ1v) is 9.76. The van der Waals surface area contributed by atoms with Crippen LogP contribution in [0.2, 0.25) is 18.1 Å². The first-order chi connectivity index (χ1) is 9.58. The summed E-state index contributed by atoms with van der Waals surface area (Å²) in [5, 5.41) is 10.9. The van der Waals surface area contributed by atoms with Gasteiger partial charge in [-0.3, -0.25) is 15.1 Å². The summed E-state index contributed by atoms with van der Waals surface area (Å²) >= 11 is 0. The summed E-state index contributed by atoms with van der Waals surface area (Å²) in [6.45, 7) is 11.1. The van der Waals surface area contributed by atoms with Crippen LogP contribution >= 0.6 is 0 Å². The number of hydrogen-bond acceptors (Lipinski definition) is 5. The molecule has 0 saturated heterocycles. The summed E-state index contributed by atoms with van der Waals surface area (Å²) in [4.78, 5) is 14.5. The molecule has 0 unspecified atom stereocenters. The Kier molecular flexibility index (Phi) is 5.60. The van der Waals surface area contributed by atoms with Gasteiger partial charge < -0.3 is 9.16 Å². The van der Waals surface area contributed by atoms with Crippen molar-refractivity contribution in [3.63, 3.8) is 0 Å². The molecule has 0 bridgehead atoms. The molecule has 0 aromatic carbocycles. The highest BCUT2D eigenvalue weighted by molar-refractivity contribution is 6.74. The van der Waals surface area contributed by atoms with Crippen molar-refractivity contribution in [1.82, 2.24) is 4.98 Å². The number of ether oxygens (including phenoxy) is 1. The van der Waals surface area contributed by atoms with E-state index in [1.54, 1.807) is 7.11 Å². The standard InChI is InChI=1S/C14H24N2O4Si/c1-14(2,3)21(5,6)20-10-13(19-4)12-9-11(16(17)18)7-8-15-12/h7-9,13H,10H2,1-6H3/t13-/m0/s1. The van der Waals surface area contributed by atoms with Crippen molar-refractivity contribution >= 4 is 14.0 Å². The fraction of sp³-hybridized carbons (Fsp3) is 0.643. The van der Waals surface area contributed by atoms with Gasteiger partial charge in [0.15, 0.2) is 8.32 Å². The quantitative estimate of drug-likeness (QED) is 0.455. The van der Waals surface area contributed by atoms with Gasteiger partial charge in [0.1, 0.15) is 6.10 Å². The molecule has 1 aromatic heterocycles. The van der Waals surface area contributed by atoms with E-state index >= 15 is 0 Å². The molecule has 0 aliphatic heterocycles. The average molecular weight is 312 g/mol. The molecule has 1 aromatic rings. The topological polar surface area (TPSA) is 74.5 Å². The Bertz CT molecular complexity index is 500. The van der Waals surface area contributed by atoms with Gasteiger partial charge in [0.05, 0.1) is 17.2 Å². The Balaban J connectivity index is 2.85. The number of aromatic nitrogens is 1. The van der Waals surface area contributed by atoms with Gasteiger partial charge in [-0.2, -0.15) is 0 Å². The Morgan fingerprint density at radius 2 is 2.05 bits per heavy atom. The van der Waals surface area contributed by atoms with Gasteiger partial charge >= 0.3 is 0 Å². The highest BCUT2D eigenvalue weighted by Crippen LogP contribution is 2.37. The van der Waals surface area contributed by atoms with E-state index in [-0.39, 0.29) is 10.7 Å². The Labute approximate surface area is 126 Å². The molecular weight excluding hydrogens is 288 g/mol. The number of hydrogen-bond donors (Lipinski definition) is 0. The fourth-order valence-electron chi connectivity index (χ4n) is 1.50. The Morgan fingerprint density at radius 1 is 1.43 bits per heavy atom. The van der Waals surface area contributed by atoms with Crippen molar-refractivity contribution in [2.45, 2.75) is 45.0 Å². The summed E-state index contributed by atoms with van der Waals surface area (Å²) in [5.41, 5.74) is 0.528. The molecule has 1 rings (SSSR count). The third-order valence-electron chi connectivity index (χ3n) is 3.99. The molecular formula is C14H24N2O4Si. The van der Waals surface area contributed by atoms with Gasteiger partial charge in [0.25, 0.3) is 5.69 Å². The van der Waals surface area contributed by atoms with E-state index in [9.17, 15) is 10.1 Å². The smallest absolute Gasteiger partial charge is 0.272 e. The number of pyridine rings is 1. The van der Waals surface area contributed by atoms with Gasteiger partial charge in [0.2, 0.25) is 0 Å². The van der Waals surface area contributed by atoms with Crippen LogP contribution in [0.15, 0.2) is 18.3 Å². The molecule has 0 aliphatic carbocycles. The SMILES string of the molecule is CO[C@@H](CO[Si](C)(C)C(C)(C)C)c1cc([N+](=O)[O-])ccn1. The van der Waals surface area contributed by atoms with Crippen LogP contribution in [-0.2, 0) is 9.16 Å². The van der Waals surface area contributed by atoms with E-state index in [0.29, 0.717) is 12.3 Å². The van der Waals surface area contributed by atoms with Crippen LogP contribution in [0.1, 0.15) is 32.6 Å². The van der Waals surface area contributed by atoms with Crippen molar-refractivity contribution in [3.8, 4) is 0 Å². The van der Waals surface area contributed by atoms with Gasteiger partial charge in [-0.15, -0.1) is 0 Å². The first-order valence-electron chi connectivity index (χ1n) is 6.85. The lowest BCUT2D eigenvalue weighted by molar-refractivity contribution is -0.385. The van der Waals surface area contributed by atoms with Crippen LogP contribution < -0.4 is 0 Å². The number of nitro groups is 1. The zero-order valence-corrected chi connectivity index (χ0v) is 14.5. The van der Waals surface area contributed by atoms with Crippen LogP contribution in [-0.4, -0.2) is 31.9 Å². The van der Waals surface area contributed by atoms with E-state index in [4.69, 9.17) is 9.16 Å². The summed E-state index contributed by atoms with van der Waals surface area (Å²) in [7, 11) is -0.338. The minimum Gasteiger partial charge on any atom is -0.414 e.